The number of nitrogens with one attached hydrogen (secondary N) is 1. The molecule has 3 aromatic rings. The average Bonchev–Trinajstić information content (AvgIpc) is 3.58. The van der Waals surface area contributed by atoms with Gasteiger partial charge in [0.05, 0.1) is 29.4 Å². The highest BCUT2D eigenvalue weighted by atomic mass is 35.5. The van der Waals surface area contributed by atoms with Crippen LogP contribution in [0.3, 0.4) is 0 Å². The fourth-order valence-corrected chi connectivity index (χ4v) is 6.06. The third-order valence-electron chi connectivity index (χ3n) is 7.64. The molecule has 190 valence electrons. The fourth-order valence-electron chi connectivity index (χ4n) is 5.88. The highest BCUT2D eigenvalue weighted by molar-refractivity contribution is 6.31. The van der Waals surface area contributed by atoms with Gasteiger partial charge in [0.25, 0.3) is 0 Å². The first-order valence-corrected chi connectivity index (χ1v) is 13.0. The predicted octanol–water partition coefficient (Wildman–Crippen LogP) is 5.89. The molecule has 0 radical (unpaired) electrons. The number of rotatable bonds is 4. The van der Waals surface area contributed by atoms with Crippen molar-refractivity contribution in [2.75, 3.05) is 0 Å². The number of carbonyl (C=O) groups excluding carboxylic acids is 2. The maximum absolute atomic E-state index is 13.8. The van der Waals surface area contributed by atoms with Gasteiger partial charge in [-0.2, -0.15) is 0 Å². The maximum atomic E-state index is 13.8. The van der Waals surface area contributed by atoms with Crippen molar-refractivity contribution in [3.63, 3.8) is 0 Å². The molecule has 3 aliphatic rings. The number of hydrogen-bond donors (Lipinski definition) is 1. The van der Waals surface area contributed by atoms with Gasteiger partial charge in [-0.1, -0.05) is 11.6 Å². The zero-order valence-corrected chi connectivity index (χ0v) is 21.1. The molecule has 37 heavy (non-hydrogen) atoms. The van der Waals surface area contributed by atoms with E-state index < -0.39 is 11.9 Å². The van der Waals surface area contributed by atoms with Crippen molar-refractivity contribution in [1.29, 1.82) is 0 Å². The molecule has 1 aliphatic heterocycles. The summed E-state index contributed by atoms with van der Waals surface area (Å²) in [5.41, 5.74) is 2.18. The average molecular weight is 520 g/mol. The third kappa shape index (κ3) is 4.21. The van der Waals surface area contributed by atoms with Crippen molar-refractivity contribution < 1.29 is 23.2 Å². The number of hydrogen-bond acceptors (Lipinski definition) is 7. The van der Waals surface area contributed by atoms with Crippen LogP contribution < -0.4 is 10.7 Å². The van der Waals surface area contributed by atoms with Crippen LogP contribution in [0.1, 0.15) is 68.6 Å². The number of halogens is 1. The summed E-state index contributed by atoms with van der Waals surface area (Å²) in [6, 6.07) is 8.48. The molecule has 2 aromatic heterocycles. The minimum Gasteiger partial charge on any atom is -0.469 e. The smallest absolute Gasteiger partial charge is 0.337 e. The number of Topliss-reactive ketones (excluding diaryl/α,β-unsaturated/α-hetero) is 1. The molecular formula is C29H26ClNO6. The number of ether oxygens (including phenoxy) is 1. The Morgan fingerprint density at radius 3 is 2.68 bits per heavy atom. The molecule has 1 N–H and O–H groups in total. The van der Waals surface area contributed by atoms with Gasteiger partial charge in [-0.3, -0.25) is 9.59 Å². The van der Waals surface area contributed by atoms with Crippen LogP contribution >= 0.6 is 11.6 Å². The van der Waals surface area contributed by atoms with Crippen molar-refractivity contribution in [2.45, 2.75) is 63.4 Å². The van der Waals surface area contributed by atoms with E-state index in [9.17, 15) is 14.4 Å². The topological polar surface area (TPSA) is 98.8 Å². The molecule has 0 saturated heterocycles. The Morgan fingerprint density at radius 2 is 1.92 bits per heavy atom. The van der Waals surface area contributed by atoms with Gasteiger partial charge in [0.15, 0.2) is 11.2 Å². The number of dihydropyridines is 1. The summed E-state index contributed by atoms with van der Waals surface area (Å²) >= 11 is 6.18. The number of benzene rings is 1. The van der Waals surface area contributed by atoms with E-state index in [1.807, 2.05) is 6.07 Å². The number of ketones is 1. The molecular weight excluding hydrogens is 494 g/mol. The Hall–Kier alpha value is -3.58. The summed E-state index contributed by atoms with van der Waals surface area (Å²) in [5.74, 6) is -0.980. The lowest BCUT2D eigenvalue weighted by molar-refractivity contribution is -0.144. The van der Waals surface area contributed by atoms with Gasteiger partial charge in [0.2, 0.25) is 0 Å². The van der Waals surface area contributed by atoms with E-state index >= 15 is 0 Å². The quantitative estimate of drug-likeness (QED) is 0.429. The minimum absolute atomic E-state index is 0.138. The van der Waals surface area contributed by atoms with E-state index in [1.54, 1.807) is 37.5 Å². The van der Waals surface area contributed by atoms with E-state index in [0.717, 1.165) is 31.4 Å². The summed E-state index contributed by atoms with van der Waals surface area (Å²) < 4.78 is 17.3. The zero-order valence-electron chi connectivity index (χ0n) is 20.3. The van der Waals surface area contributed by atoms with Gasteiger partial charge in [-0.25, -0.2) is 4.79 Å². The molecule has 6 rings (SSSR count). The largest absolute Gasteiger partial charge is 0.469 e. The number of furan rings is 1. The molecule has 3 heterocycles. The number of allylic oxidation sites excluding steroid dienone is 3. The van der Waals surface area contributed by atoms with Gasteiger partial charge in [-0.15, -0.1) is 0 Å². The summed E-state index contributed by atoms with van der Waals surface area (Å²) in [7, 11) is 0. The number of carbonyl (C=O) groups is 2. The van der Waals surface area contributed by atoms with Gasteiger partial charge >= 0.3 is 5.97 Å². The molecule has 7 nitrogen and oxygen atoms in total. The summed E-state index contributed by atoms with van der Waals surface area (Å²) in [6.45, 7) is 1.78. The first-order valence-electron chi connectivity index (χ1n) is 12.6. The Labute approximate surface area is 218 Å². The van der Waals surface area contributed by atoms with Crippen molar-refractivity contribution in [1.82, 2.24) is 5.32 Å². The van der Waals surface area contributed by atoms with Crippen molar-refractivity contribution >= 4 is 34.3 Å². The van der Waals surface area contributed by atoms with Crippen molar-refractivity contribution in [3.8, 4) is 0 Å². The molecule has 1 aromatic carbocycles. The normalized spacial score (nSPS) is 22.4. The van der Waals surface area contributed by atoms with Crippen LogP contribution in [0.2, 0.25) is 5.02 Å². The van der Waals surface area contributed by atoms with E-state index in [0.29, 0.717) is 39.4 Å². The lowest BCUT2D eigenvalue weighted by Gasteiger charge is -2.36. The number of fused-ring (bicyclic) bond motifs is 1. The first-order chi connectivity index (χ1) is 17.9. The van der Waals surface area contributed by atoms with E-state index in [1.165, 1.54) is 6.26 Å². The van der Waals surface area contributed by atoms with Crippen LogP contribution in [0.5, 0.6) is 0 Å². The lowest BCUT2D eigenvalue weighted by Crippen LogP contribution is -2.38. The monoisotopic (exact) mass is 519 g/mol. The summed E-state index contributed by atoms with van der Waals surface area (Å²) in [6.07, 6.45) is 7.15. The van der Waals surface area contributed by atoms with Gasteiger partial charge < -0.3 is 18.9 Å². The first kappa shape index (κ1) is 23.8. The Bertz CT molecular complexity index is 1520. The maximum Gasteiger partial charge on any atom is 0.337 e. The summed E-state index contributed by atoms with van der Waals surface area (Å²) in [4.78, 5) is 41.1. The van der Waals surface area contributed by atoms with Crippen LogP contribution in [-0.2, 0) is 14.3 Å². The molecule has 2 atom stereocenters. The second kappa shape index (κ2) is 9.38. The van der Waals surface area contributed by atoms with Crippen LogP contribution in [0.4, 0.5) is 0 Å². The summed E-state index contributed by atoms with van der Waals surface area (Å²) in [5, 5.41) is 3.99. The van der Waals surface area contributed by atoms with Crippen molar-refractivity contribution in [3.05, 3.63) is 92.0 Å². The van der Waals surface area contributed by atoms with Crippen molar-refractivity contribution in [2.24, 2.45) is 0 Å². The Kier molecular flexibility index (Phi) is 6.03. The predicted molar refractivity (Wildman–Crippen MR) is 137 cm³/mol. The fraction of sp³-hybridized carbons (Fsp3) is 0.345. The molecule has 8 heteroatoms. The van der Waals surface area contributed by atoms with Gasteiger partial charge in [-0.05, 0) is 69.4 Å². The minimum atomic E-state index is -0.908. The standard InChI is InChI=1S/C29H26ClNO6/c1-15-25(29(34)37-18-5-2-3-6-18)26(20-14-36-24-9-8-17(30)13-19(24)28(20)33)27-21(31-15)11-16(12-22(27)32)23-7-4-10-35-23/h4,7-10,13-14,16,18,26,31H,2-3,5-6,11-12H2,1H3/t16-,26-/m0/s1. The second-order valence-electron chi connectivity index (χ2n) is 10.0. The molecule has 1 fully saturated rings. The van der Waals surface area contributed by atoms with E-state index in [-0.39, 0.29) is 40.8 Å². The molecule has 2 aliphatic carbocycles. The Balaban J connectivity index is 1.49. The van der Waals surface area contributed by atoms with E-state index in [4.69, 9.17) is 25.2 Å². The Morgan fingerprint density at radius 1 is 1.11 bits per heavy atom. The second-order valence-corrected chi connectivity index (χ2v) is 10.4. The van der Waals surface area contributed by atoms with Gasteiger partial charge in [0.1, 0.15) is 17.4 Å². The highest BCUT2D eigenvalue weighted by Gasteiger charge is 2.43. The molecule has 1 saturated carbocycles. The molecule has 0 amide bonds. The van der Waals surface area contributed by atoms with Crippen LogP contribution in [0.15, 0.2) is 79.0 Å². The zero-order chi connectivity index (χ0) is 25.7. The van der Waals surface area contributed by atoms with E-state index in [2.05, 4.69) is 5.32 Å². The molecule has 0 unspecified atom stereocenters. The van der Waals surface area contributed by atoms with Crippen LogP contribution in [0, 0.1) is 0 Å². The highest BCUT2D eigenvalue weighted by Crippen LogP contribution is 2.45. The number of esters is 1. The SMILES string of the molecule is CC1=C(C(=O)OC2CCCC2)[C@H](c2coc3ccc(Cl)cc3c2=O)C2=C(C[C@H](c3ccco3)CC2=O)N1. The van der Waals surface area contributed by atoms with Crippen LogP contribution in [0.25, 0.3) is 11.0 Å². The third-order valence-corrected chi connectivity index (χ3v) is 7.88. The van der Waals surface area contributed by atoms with Gasteiger partial charge in [0, 0.05) is 39.9 Å². The lowest BCUT2D eigenvalue weighted by atomic mass is 9.72. The molecule has 0 bridgehead atoms. The van der Waals surface area contributed by atoms with Crippen LogP contribution in [-0.4, -0.2) is 17.9 Å². The molecule has 0 spiro atoms.